The molecule has 2 rings (SSSR count). The lowest BCUT2D eigenvalue weighted by molar-refractivity contribution is -0.446. The first-order valence-electron chi connectivity index (χ1n) is 10.3. The third-order valence-electron chi connectivity index (χ3n) is 7.56. The van der Waals surface area contributed by atoms with E-state index in [4.69, 9.17) is 9.78 Å². The lowest BCUT2D eigenvalue weighted by Gasteiger charge is -2.62. The van der Waals surface area contributed by atoms with Crippen LogP contribution in [0, 0.1) is 22.2 Å². The maximum atomic E-state index is 6.59. The van der Waals surface area contributed by atoms with Gasteiger partial charge in [0.05, 0.1) is 6.10 Å². The van der Waals surface area contributed by atoms with Gasteiger partial charge in [-0.2, -0.15) is 0 Å². The monoisotopic (exact) mass is 338 g/mol. The van der Waals surface area contributed by atoms with Crippen molar-refractivity contribution < 1.29 is 9.78 Å². The molecule has 0 aromatic heterocycles. The molecule has 4 atom stereocenters. The zero-order valence-corrected chi connectivity index (χ0v) is 17.6. The third kappa shape index (κ3) is 3.43. The van der Waals surface area contributed by atoms with Gasteiger partial charge < -0.3 is 0 Å². The minimum atomic E-state index is -0.229. The van der Waals surface area contributed by atoms with E-state index in [9.17, 15) is 0 Å². The first kappa shape index (κ1) is 20.2. The highest BCUT2D eigenvalue weighted by atomic mass is 17.2. The van der Waals surface area contributed by atoms with Crippen LogP contribution < -0.4 is 0 Å². The summed E-state index contributed by atoms with van der Waals surface area (Å²) in [7, 11) is 0. The van der Waals surface area contributed by atoms with Crippen LogP contribution in [0.15, 0.2) is 0 Å². The summed E-state index contributed by atoms with van der Waals surface area (Å²) in [6.45, 7) is 18.9. The van der Waals surface area contributed by atoms with Gasteiger partial charge in [-0.1, -0.05) is 81.1 Å². The molecule has 0 amide bonds. The third-order valence-corrected chi connectivity index (χ3v) is 7.56. The zero-order chi connectivity index (χ0) is 18.2. The minimum Gasteiger partial charge on any atom is -0.233 e. The molecule has 0 N–H and O–H groups in total. The summed E-state index contributed by atoms with van der Waals surface area (Å²) in [6.07, 6.45) is 10.2. The summed E-state index contributed by atoms with van der Waals surface area (Å²) in [5.41, 5.74) is 0.109. The Balaban J connectivity index is 2.31. The van der Waals surface area contributed by atoms with Crippen molar-refractivity contribution in [2.45, 2.75) is 118 Å². The second-order valence-corrected chi connectivity index (χ2v) is 10.8. The fourth-order valence-electron chi connectivity index (χ4n) is 5.34. The van der Waals surface area contributed by atoms with Crippen LogP contribution in [0.5, 0.6) is 0 Å². The van der Waals surface area contributed by atoms with Crippen LogP contribution >= 0.6 is 0 Å². The molecule has 2 saturated carbocycles. The fourth-order valence-corrected chi connectivity index (χ4v) is 5.34. The molecule has 0 radical (unpaired) electrons. The Morgan fingerprint density at radius 2 is 1.38 bits per heavy atom. The zero-order valence-electron chi connectivity index (χ0n) is 17.6. The lowest BCUT2D eigenvalue weighted by Crippen LogP contribution is -2.63. The van der Waals surface area contributed by atoms with Crippen LogP contribution in [0.25, 0.3) is 0 Å². The SMILES string of the molecule is CC1CCCCC1OOC1(C(C)(C)C)CCCCC1(C)C(C)(C)C. The Bertz CT molecular complexity index is 417. The summed E-state index contributed by atoms with van der Waals surface area (Å²) >= 11 is 0. The number of hydrogen-bond acceptors (Lipinski definition) is 2. The van der Waals surface area contributed by atoms with Gasteiger partial charge in [-0.15, -0.1) is 0 Å². The molecule has 0 aromatic rings. The van der Waals surface area contributed by atoms with E-state index in [2.05, 4.69) is 55.4 Å². The molecule has 2 aliphatic carbocycles. The molecule has 0 heterocycles. The molecule has 0 saturated heterocycles. The molecule has 24 heavy (non-hydrogen) atoms. The van der Waals surface area contributed by atoms with Crippen molar-refractivity contribution in [2.24, 2.45) is 22.2 Å². The molecule has 0 bridgehead atoms. The molecule has 0 aromatic carbocycles. The number of hydrogen-bond donors (Lipinski definition) is 0. The predicted octanol–water partition coefficient (Wildman–Crippen LogP) is 6.92. The second-order valence-electron chi connectivity index (χ2n) is 10.8. The van der Waals surface area contributed by atoms with E-state index in [1.807, 2.05) is 0 Å². The fraction of sp³-hybridized carbons (Fsp3) is 1.00. The molecule has 2 nitrogen and oxygen atoms in total. The molecule has 2 fully saturated rings. The first-order valence-corrected chi connectivity index (χ1v) is 10.3. The Labute approximate surface area is 151 Å². The van der Waals surface area contributed by atoms with Gasteiger partial charge in [0.1, 0.15) is 5.60 Å². The standard InChI is InChI=1S/C22H42O2/c1-17-13-9-10-14-18(17)23-24-22(20(5,6)7)16-12-11-15-21(22,8)19(2,3)4/h17-18H,9-16H2,1-8H3. The quantitative estimate of drug-likeness (QED) is 0.410. The van der Waals surface area contributed by atoms with Gasteiger partial charge in [-0.3, -0.25) is 0 Å². The Morgan fingerprint density at radius 1 is 0.792 bits per heavy atom. The first-order chi connectivity index (χ1) is 10.9. The maximum absolute atomic E-state index is 6.59. The highest BCUT2D eigenvalue weighted by Gasteiger charge is 2.62. The van der Waals surface area contributed by atoms with E-state index in [1.165, 1.54) is 38.5 Å². The van der Waals surface area contributed by atoms with E-state index in [-0.39, 0.29) is 27.9 Å². The Kier molecular flexibility index (Phi) is 5.83. The van der Waals surface area contributed by atoms with E-state index in [1.54, 1.807) is 0 Å². The highest BCUT2D eigenvalue weighted by molar-refractivity contribution is 5.10. The van der Waals surface area contributed by atoms with Crippen molar-refractivity contribution in [1.29, 1.82) is 0 Å². The lowest BCUT2D eigenvalue weighted by atomic mass is 9.47. The van der Waals surface area contributed by atoms with Crippen LogP contribution in [0.2, 0.25) is 0 Å². The van der Waals surface area contributed by atoms with E-state index >= 15 is 0 Å². The largest absolute Gasteiger partial charge is 0.233 e. The van der Waals surface area contributed by atoms with Gasteiger partial charge in [-0.25, -0.2) is 9.78 Å². The molecular weight excluding hydrogens is 296 g/mol. The average Bonchev–Trinajstić information content (AvgIpc) is 2.45. The summed E-state index contributed by atoms with van der Waals surface area (Å²) in [5.74, 6) is 0.611. The van der Waals surface area contributed by atoms with Crippen molar-refractivity contribution in [3.8, 4) is 0 Å². The molecule has 2 aliphatic rings. The van der Waals surface area contributed by atoms with Gasteiger partial charge in [-0.05, 0) is 42.4 Å². The van der Waals surface area contributed by atoms with Crippen molar-refractivity contribution >= 4 is 0 Å². The van der Waals surface area contributed by atoms with Crippen LogP contribution in [0.3, 0.4) is 0 Å². The molecule has 0 spiro atoms. The van der Waals surface area contributed by atoms with Crippen molar-refractivity contribution in [3.05, 3.63) is 0 Å². The normalized spacial score (nSPS) is 39.0. The smallest absolute Gasteiger partial charge is 0.114 e. The summed E-state index contributed by atoms with van der Waals surface area (Å²) in [5, 5.41) is 0. The topological polar surface area (TPSA) is 18.5 Å². The Hall–Kier alpha value is -0.0800. The summed E-state index contributed by atoms with van der Waals surface area (Å²) < 4.78 is 0. The molecule has 142 valence electrons. The molecule has 0 aliphatic heterocycles. The van der Waals surface area contributed by atoms with Crippen LogP contribution in [0.1, 0.15) is 107 Å². The van der Waals surface area contributed by atoms with E-state index < -0.39 is 0 Å². The van der Waals surface area contributed by atoms with E-state index in [0.29, 0.717) is 5.92 Å². The minimum absolute atomic E-state index is 0.0490. The van der Waals surface area contributed by atoms with Gasteiger partial charge in [0.2, 0.25) is 0 Å². The van der Waals surface area contributed by atoms with E-state index in [0.717, 1.165) is 12.8 Å². The van der Waals surface area contributed by atoms with Crippen LogP contribution in [-0.2, 0) is 9.78 Å². The number of rotatable bonds is 3. The summed E-state index contributed by atoms with van der Waals surface area (Å²) in [6, 6.07) is 0. The predicted molar refractivity (Wildman–Crippen MR) is 102 cm³/mol. The van der Waals surface area contributed by atoms with Gasteiger partial charge >= 0.3 is 0 Å². The van der Waals surface area contributed by atoms with Crippen molar-refractivity contribution in [2.75, 3.05) is 0 Å². The average molecular weight is 339 g/mol. The van der Waals surface area contributed by atoms with Gasteiger partial charge in [0, 0.05) is 5.41 Å². The van der Waals surface area contributed by atoms with Crippen molar-refractivity contribution in [1.82, 2.24) is 0 Å². The second kappa shape index (κ2) is 6.91. The molecular formula is C22H42O2. The molecule has 2 heteroatoms. The van der Waals surface area contributed by atoms with Gasteiger partial charge in [0.15, 0.2) is 0 Å². The van der Waals surface area contributed by atoms with Crippen LogP contribution in [-0.4, -0.2) is 11.7 Å². The van der Waals surface area contributed by atoms with Crippen molar-refractivity contribution in [3.63, 3.8) is 0 Å². The summed E-state index contributed by atoms with van der Waals surface area (Å²) in [4.78, 5) is 12.8. The van der Waals surface area contributed by atoms with Crippen LogP contribution in [0.4, 0.5) is 0 Å². The molecule has 4 unspecified atom stereocenters. The van der Waals surface area contributed by atoms with Gasteiger partial charge in [0.25, 0.3) is 0 Å². The maximum Gasteiger partial charge on any atom is 0.114 e. The Morgan fingerprint density at radius 3 is 1.92 bits per heavy atom. The highest BCUT2D eigenvalue weighted by Crippen LogP contribution is 2.62.